The van der Waals surface area contributed by atoms with Gasteiger partial charge in [0, 0.05) is 15.2 Å². The Kier molecular flexibility index (Phi) is 2.45. The highest BCUT2D eigenvalue weighted by molar-refractivity contribution is 7.28. The van der Waals surface area contributed by atoms with Crippen LogP contribution in [-0.2, 0) is 0 Å². The molecule has 1 aliphatic heterocycles. The predicted molar refractivity (Wildman–Crippen MR) is 46.0 cm³/mol. The Hall–Kier alpha value is 0.571. The van der Waals surface area contributed by atoms with E-state index in [0.29, 0.717) is 27.0 Å². The fraction of sp³-hybridized carbons (Fsp3) is 1.00. The van der Waals surface area contributed by atoms with E-state index in [9.17, 15) is 0 Å². The lowest BCUT2D eigenvalue weighted by Gasteiger charge is -2.29. The molecule has 5 heteroatoms. The standard InChI is InChI=1S/C3H14N2Si3/c1-4-3-5(2)7-8-6-4/h3,6-8H2,1-2H3. The van der Waals surface area contributed by atoms with Crippen molar-refractivity contribution in [2.45, 2.75) is 0 Å². The smallest absolute Gasteiger partial charge is 0.0791 e. The largest absolute Gasteiger partial charge is 0.324 e. The van der Waals surface area contributed by atoms with E-state index in [0.717, 1.165) is 0 Å². The molecule has 0 radical (unpaired) electrons. The molecule has 1 aliphatic rings. The molecule has 0 spiro atoms. The van der Waals surface area contributed by atoms with Crippen LogP contribution in [0.4, 0.5) is 0 Å². The SMILES string of the molecule is CN1CN(C)[SiH2][SiH2][SiH2]1. The average Bonchev–Trinajstić information content (AvgIpc) is 1.64. The fourth-order valence-corrected chi connectivity index (χ4v) is 19.1. The van der Waals surface area contributed by atoms with Gasteiger partial charge in [0.15, 0.2) is 0 Å². The van der Waals surface area contributed by atoms with Crippen molar-refractivity contribution in [2.75, 3.05) is 20.8 Å². The van der Waals surface area contributed by atoms with Gasteiger partial charge in [-0.15, -0.1) is 0 Å². The molecule has 8 heavy (non-hydrogen) atoms. The van der Waals surface area contributed by atoms with Gasteiger partial charge in [0.1, 0.15) is 0 Å². The molecule has 0 atom stereocenters. The van der Waals surface area contributed by atoms with Crippen LogP contribution < -0.4 is 0 Å². The number of nitrogens with zero attached hydrogens (tertiary/aromatic N) is 2. The zero-order valence-corrected chi connectivity index (χ0v) is 9.97. The van der Waals surface area contributed by atoms with Gasteiger partial charge in [-0.3, -0.25) is 0 Å². The van der Waals surface area contributed by atoms with Crippen LogP contribution in [0.2, 0.25) is 0 Å². The van der Waals surface area contributed by atoms with E-state index >= 15 is 0 Å². The Balaban J connectivity index is 2.23. The Morgan fingerprint density at radius 2 is 1.62 bits per heavy atom. The topological polar surface area (TPSA) is 6.48 Å². The number of hydrogen-bond donors (Lipinski definition) is 0. The zero-order chi connectivity index (χ0) is 5.98. The normalized spacial score (nSPS) is 35.2. The van der Waals surface area contributed by atoms with Crippen LogP contribution in [0.15, 0.2) is 0 Å². The number of hydrogen-bond acceptors (Lipinski definition) is 2. The minimum atomic E-state index is 0.393. The van der Waals surface area contributed by atoms with Crippen LogP contribution in [0.5, 0.6) is 0 Å². The van der Waals surface area contributed by atoms with Crippen molar-refractivity contribution in [3.8, 4) is 0 Å². The van der Waals surface area contributed by atoms with Crippen LogP contribution in [0.25, 0.3) is 0 Å². The van der Waals surface area contributed by atoms with Crippen molar-refractivity contribution < 1.29 is 0 Å². The minimum Gasteiger partial charge on any atom is -0.324 e. The predicted octanol–water partition coefficient (Wildman–Crippen LogP) is -3.01. The molecule has 48 valence electrons. The van der Waals surface area contributed by atoms with E-state index in [1.807, 2.05) is 0 Å². The van der Waals surface area contributed by atoms with Gasteiger partial charge in [0.25, 0.3) is 0 Å². The highest BCUT2D eigenvalue weighted by Crippen LogP contribution is 1.87. The molecule has 0 saturated carbocycles. The summed E-state index contributed by atoms with van der Waals surface area (Å²) in [7, 11) is 5.89. The van der Waals surface area contributed by atoms with E-state index in [1.165, 1.54) is 6.67 Å². The van der Waals surface area contributed by atoms with Gasteiger partial charge in [-0.1, -0.05) is 0 Å². The summed E-state index contributed by atoms with van der Waals surface area (Å²) < 4.78 is 5.14. The lowest BCUT2D eigenvalue weighted by Crippen LogP contribution is -2.49. The number of rotatable bonds is 0. The van der Waals surface area contributed by atoms with Gasteiger partial charge >= 0.3 is 0 Å². The van der Waals surface area contributed by atoms with Gasteiger partial charge in [-0.2, -0.15) is 0 Å². The van der Waals surface area contributed by atoms with Crippen molar-refractivity contribution in [3.05, 3.63) is 0 Å². The monoisotopic (exact) mass is 162 g/mol. The molecule has 0 amide bonds. The van der Waals surface area contributed by atoms with Crippen LogP contribution in [0.3, 0.4) is 0 Å². The summed E-state index contributed by atoms with van der Waals surface area (Å²) in [6.07, 6.45) is 0. The van der Waals surface area contributed by atoms with Crippen LogP contribution in [-0.4, -0.2) is 56.8 Å². The van der Waals surface area contributed by atoms with E-state index < -0.39 is 0 Å². The summed E-state index contributed by atoms with van der Waals surface area (Å²) in [5.41, 5.74) is 0. The molecular weight excluding hydrogens is 148 g/mol. The molecule has 0 N–H and O–H groups in total. The maximum atomic E-state index is 2.57. The van der Waals surface area contributed by atoms with Gasteiger partial charge in [-0.05, 0) is 14.1 Å². The third-order valence-corrected chi connectivity index (χ3v) is 16.3. The Morgan fingerprint density at radius 3 is 1.88 bits per heavy atom. The van der Waals surface area contributed by atoms with Crippen LogP contribution in [0, 0.1) is 0 Å². The molecule has 0 aromatic heterocycles. The third-order valence-electron chi connectivity index (χ3n) is 1.56. The summed E-state index contributed by atoms with van der Waals surface area (Å²) in [6.45, 7) is 1.30. The first-order valence-corrected chi connectivity index (χ1v) is 12.4. The molecule has 1 fully saturated rings. The molecule has 1 heterocycles. The van der Waals surface area contributed by atoms with E-state index in [1.54, 1.807) is 0 Å². The highest BCUT2D eigenvalue weighted by Gasteiger charge is 2.09. The van der Waals surface area contributed by atoms with Gasteiger partial charge in [-0.25, -0.2) is 0 Å². The summed E-state index contributed by atoms with van der Waals surface area (Å²) in [4.78, 5) is 0. The lowest BCUT2D eigenvalue weighted by molar-refractivity contribution is 0.378. The van der Waals surface area contributed by atoms with E-state index in [2.05, 4.69) is 23.2 Å². The fourth-order valence-electron chi connectivity index (χ4n) is 1.16. The van der Waals surface area contributed by atoms with Gasteiger partial charge in [0.05, 0.1) is 18.4 Å². The molecule has 1 saturated heterocycles. The third kappa shape index (κ3) is 1.82. The summed E-state index contributed by atoms with van der Waals surface area (Å²) in [5, 5.41) is 0. The zero-order valence-electron chi connectivity index (χ0n) is 5.72. The van der Waals surface area contributed by atoms with Crippen LogP contribution >= 0.6 is 0 Å². The molecule has 0 aliphatic carbocycles. The minimum absolute atomic E-state index is 0.393. The second-order valence-corrected chi connectivity index (χ2v) is 17.6. The quantitative estimate of drug-likeness (QED) is 0.350. The molecular formula is C3H14N2Si3. The molecule has 0 aromatic carbocycles. The first-order chi connectivity index (χ1) is 3.79. The second-order valence-electron chi connectivity index (χ2n) is 2.65. The van der Waals surface area contributed by atoms with Crippen molar-refractivity contribution in [1.29, 1.82) is 0 Å². The van der Waals surface area contributed by atoms with Crippen molar-refractivity contribution in [2.24, 2.45) is 0 Å². The summed E-state index contributed by atoms with van der Waals surface area (Å²) >= 11 is 0. The van der Waals surface area contributed by atoms with Crippen molar-refractivity contribution in [3.63, 3.8) is 0 Å². The first kappa shape index (κ1) is 6.69. The first-order valence-electron chi connectivity index (χ1n) is 3.16. The maximum Gasteiger partial charge on any atom is 0.0791 e. The van der Waals surface area contributed by atoms with Crippen LogP contribution in [0.1, 0.15) is 0 Å². The van der Waals surface area contributed by atoms with E-state index in [4.69, 9.17) is 0 Å². The van der Waals surface area contributed by atoms with Crippen molar-refractivity contribution in [1.82, 2.24) is 9.13 Å². The summed E-state index contributed by atoms with van der Waals surface area (Å²) in [5.74, 6) is 0. The highest BCUT2D eigenvalue weighted by atomic mass is 29.5. The van der Waals surface area contributed by atoms with E-state index in [-0.39, 0.29) is 0 Å². The van der Waals surface area contributed by atoms with Crippen molar-refractivity contribution >= 4 is 27.0 Å². The average molecular weight is 162 g/mol. The Bertz CT molecular complexity index is 70.9. The Morgan fingerprint density at radius 1 is 1.12 bits per heavy atom. The van der Waals surface area contributed by atoms with Gasteiger partial charge in [0.2, 0.25) is 0 Å². The maximum absolute atomic E-state index is 2.57. The molecule has 2 nitrogen and oxygen atoms in total. The molecule has 0 bridgehead atoms. The Labute approximate surface area is 57.4 Å². The van der Waals surface area contributed by atoms with Gasteiger partial charge < -0.3 is 9.13 Å². The second kappa shape index (κ2) is 2.93. The molecule has 0 aromatic rings. The molecule has 0 unspecified atom stereocenters. The summed E-state index contributed by atoms with van der Waals surface area (Å²) in [6, 6.07) is 0. The lowest BCUT2D eigenvalue weighted by atomic mass is 11.0. The molecule has 1 rings (SSSR count).